The van der Waals surface area contributed by atoms with E-state index in [1.165, 1.54) is 23.5 Å². The minimum Gasteiger partial charge on any atom is -0.356 e. The van der Waals surface area contributed by atoms with Gasteiger partial charge in [-0.05, 0) is 38.3 Å². The Balaban J connectivity index is 1.34. The molecule has 132 valence electrons. The molecule has 26 heavy (non-hydrogen) atoms. The molecule has 2 saturated heterocycles. The van der Waals surface area contributed by atoms with Gasteiger partial charge in [0.25, 0.3) is 0 Å². The maximum absolute atomic E-state index is 9.08. The maximum Gasteiger partial charge on any atom is 0.142 e. The first-order valence-electron chi connectivity index (χ1n) is 9.44. The molecule has 0 radical (unpaired) electrons. The van der Waals surface area contributed by atoms with Gasteiger partial charge in [-0.1, -0.05) is 6.07 Å². The number of hydrogen-bond acceptors (Lipinski definition) is 6. The molecule has 0 N–H and O–H groups in total. The van der Waals surface area contributed by atoms with Crippen LogP contribution in [0.5, 0.6) is 0 Å². The molecule has 6 heteroatoms. The zero-order valence-corrected chi connectivity index (χ0v) is 15.0. The highest BCUT2D eigenvalue weighted by Crippen LogP contribution is 2.38. The maximum atomic E-state index is 9.08. The highest BCUT2D eigenvalue weighted by atomic mass is 15.3. The van der Waals surface area contributed by atoms with Crippen molar-refractivity contribution in [1.82, 2.24) is 15.0 Å². The fraction of sp³-hybridized carbons (Fsp3) is 0.500. The third-order valence-corrected chi connectivity index (χ3v) is 5.98. The minimum absolute atomic E-state index is 0.494. The molecule has 3 aliphatic rings. The smallest absolute Gasteiger partial charge is 0.142 e. The number of pyridine rings is 1. The summed E-state index contributed by atoms with van der Waals surface area (Å²) in [4.78, 5) is 18.7. The van der Waals surface area contributed by atoms with Crippen molar-refractivity contribution in [3.63, 3.8) is 0 Å². The van der Waals surface area contributed by atoms with E-state index in [1.54, 1.807) is 6.07 Å². The average Bonchev–Trinajstić information content (AvgIpc) is 3.35. The first-order valence-corrected chi connectivity index (χ1v) is 9.44. The number of nitrogens with zero attached hydrogens (tertiary/aromatic N) is 6. The Bertz CT molecular complexity index is 888. The largest absolute Gasteiger partial charge is 0.356 e. The number of rotatable bonds is 2. The molecule has 5 rings (SSSR count). The van der Waals surface area contributed by atoms with Gasteiger partial charge in [0.2, 0.25) is 0 Å². The molecule has 0 saturated carbocycles. The van der Waals surface area contributed by atoms with Gasteiger partial charge in [-0.2, -0.15) is 5.26 Å². The van der Waals surface area contributed by atoms with Crippen molar-refractivity contribution >= 4 is 11.6 Å². The SMILES string of the molecule is Cc1nc2c(c(N3CC4CN(c5cccc(C#N)n5)CC4C3)n1)CCC2. The highest BCUT2D eigenvalue weighted by molar-refractivity contribution is 5.53. The lowest BCUT2D eigenvalue weighted by atomic mass is 10.0. The van der Waals surface area contributed by atoms with Crippen LogP contribution in [0.15, 0.2) is 18.2 Å². The second-order valence-corrected chi connectivity index (χ2v) is 7.70. The van der Waals surface area contributed by atoms with Gasteiger partial charge in [-0.15, -0.1) is 0 Å². The first kappa shape index (κ1) is 15.6. The lowest BCUT2D eigenvalue weighted by Crippen LogP contribution is -2.30. The van der Waals surface area contributed by atoms with Crippen LogP contribution < -0.4 is 9.80 Å². The molecule has 2 atom stereocenters. The van der Waals surface area contributed by atoms with E-state index in [2.05, 4.69) is 25.8 Å². The number of hydrogen-bond donors (Lipinski definition) is 0. The lowest BCUT2D eigenvalue weighted by Gasteiger charge is -2.24. The Morgan fingerprint density at radius 3 is 2.54 bits per heavy atom. The third-order valence-electron chi connectivity index (χ3n) is 5.98. The van der Waals surface area contributed by atoms with Crippen molar-refractivity contribution < 1.29 is 0 Å². The molecule has 4 heterocycles. The van der Waals surface area contributed by atoms with Crippen molar-refractivity contribution in [2.24, 2.45) is 11.8 Å². The van der Waals surface area contributed by atoms with Crippen molar-refractivity contribution in [1.29, 1.82) is 5.26 Å². The summed E-state index contributed by atoms with van der Waals surface area (Å²) in [6.07, 6.45) is 3.42. The zero-order valence-electron chi connectivity index (χ0n) is 15.0. The van der Waals surface area contributed by atoms with Crippen LogP contribution in [-0.2, 0) is 12.8 Å². The molecule has 0 aromatic carbocycles. The Labute approximate surface area is 153 Å². The van der Waals surface area contributed by atoms with Crippen LogP contribution in [0.2, 0.25) is 0 Å². The van der Waals surface area contributed by atoms with Gasteiger partial charge in [0.1, 0.15) is 29.2 Å². The molecule has 2 aliphatic heterocycles. The van der Waals surface area contributed by atoms with Crippen molar-refractivity contribution in [3.05, 3.63) is 41.0 Å². The Morgan fingerprint density at radius 1 is 1.00 bits per heavy atom. The van der Waals surface area contributed by atoms with Gasteiger partial charge in [0, 0.05) is 49.3 Å². The number of aromatic nitrogens is 3. The Hall–Kier alpha value is -2.68. The third kappa shape index (κ3) is 2.50. The lowest BCUT2D eigenvalue weighted by molar-refractivity contribution is 0.533. The van der Waals surface area contributed by atoms with Crippen molar-refractivity contribution in [3.8, 4) is 6.07 Å². The molecular formula is C20H22N6. The number of fused-ring (bicyclic) bond motifs is 2. The summed E-state index contributed by atoms with van der Waals surface area (Å²) in [5.41, 5.74) is 3.15. The van der Waals surface area contributed by atoms with E-state index >= 15 is 0 Å². The van der Waals surface area contributed by atoms with Crippen molar-refractivity contribution in [2.45, 2.75) is 26.2 Å². The summed E-state index contributed by atoms with van der Waals surface area (Å²) in [7, 11) is 0. The normalized spacial score (nSPS) is 23.8. The predicted molar refractivity (Wildman–Crippen MR) is 99.2 cm³/mol. The van der Waals surface area contributed by atoms with Crippen LogP contribution in [-0.4, -0.2) is 41.1 Å². The molecule has 2 aromatic rings. The summed E-state index contributed by atoms with van der Waals surface area (Å²) in [5.74, 6) is 4.29. The van der Waals surface area contributed by atoms with E-state index in [1.807, 2.05) is 19.1 Å². The van der Waals surface area contributed by atoms with Crippen LogP contribution in [0.1, 0.15) is 29.2 Å². The molecule has 6 nitrogen and oxygen atoms in total. The van der Waals surface area contributed by atoms with Gasteiger partial charge in [-0.25, -0.2) is 15.0 Å². The highest BCUT2D eigenvalue weighted by Gasteiger charge is 2.41. The van der Waals surface area contributed by atoms with Gasteiger partial charge < -0.3 is 9.80 Å². The van der Waals surface area contributed by atoms with Gasteiger partial charge in [-0.3, -0.25) is 0 Å². The summed E-state index contributed by atoms with van der Waals surface area (Å²) in [6.45, 7) is 6.14. The topological polar surface area (TPSA) is 68.9 Å². The van der Waals surface area contributed by atoms with Crippen LogP contribution in [0.4, 0.5) is 11.6 Å². The Morgan fingerprint density at radius 2 is 1.77 bits per heavy atom. The number of anilines is 2. The second kappa shape index (κ2) is 5.94. The van der Waals surface area contributed by atoms with Crippen LogP contribution in [0.25, 0.3) is 0 Å². The Kier molecular flexibility index (Phi) is 3.56. The molecule has 0 spiro atoms. The average molecular weight is 346 g/mol. The summed E-state index contributed by atoms with van der Waals surface area (Å²) < 4.78 is 0. The summed E-state index contributed by atoms with van der Waals surface area (Å²) in [6, 6.07) is 7.84. The quantitative estimate of drug-likeness (QED) is 0.830. The zero-order chi connectivity index (χ0) is 17.7. The van der Waals surface area contributed by atoms with Crippen LogP contribution in [0, 0.1) is 30.1 Å². The fourth-order valence-electron chi connectivity index (χ4n) is 4.81. The molecule has 0 amide bonds. The van der Waals surface area contributed by atoms with Crippen LogP contribution >= 0.6 is 0 Å². The summed E-state index contributed by atoms with van der Waals surface area (Å²) >= 11 is 0. The van der Waals surface area contributed by atoms with E-state index in [0.29, 0.717) is 17.5 Å². The molecule has 2 aromatic heterocycles. The monoisotopic (exact) mass is 346 g/mol. The van der Waals surface area contributed by atoms with Gasteiger partial charge >= 0.3 is 0 Å². The fourth-order valence-corrected chi connectivity index (χ4v) is 4.81. The van der Waals surface area contributed by atoms with E-state index in [0.717, 1.165) is 50.7 Å². The van der Waals surface area contributed by atoms with Crippen molar-refractivity contribution in [2.75, 3.05) is 36.0 Å². The standard InChI is InChI=1S/C20H22N6/c1-13-22-18-6-3-5-17(18)20(23-13)26-11-14-9-25(10-15(14)12-26)19-7-2-4-16(8-21)24-19/h2,4,7,14-15H,3,5-6,9-12H2,1H3. The van der Waals surface area contributed by atoms with E-state index in [9.17, 15) is 0 Å². The van der Waals surface area contributed by atoms with E-state index in [4.69, 9.17) is 10.2 Å². The molecule has 0 bridgehead atoms. The van der Waals surface area contributed by atoms with Gasteiger partial charge in [0.05, 0.1) is 0 Å². The molecule has 2 unspecified atom stereocenters. The predicted octanol–water partition coefficient (Wildman–Crippen LogP) is 2.11. The van der Waals surface area contributed by atoms with E-state index in [-0.39, 0.29) is 0 Å². The number of aryl methyl sites for hydroxylation is 2. The summed E-state index contributed by atoms with van der Waals surface area (Å²) in [5, 5.41) is 9.08. The second-order valence-electron chi connectivity index (χ2n) is 7.70. The van der Waals surface area contributed by atoms with Gasteiger partial charge in [0.15, 0.2) is 0 Å². The molecule has 2 fully saturated rings. The number of nitriles is 1. The van der Waals surface area contributed by atoms with Crippen LogP contribution in [0.3, 0.4) is 0 Å². The minimum atomic E-state index is 0.494. The van der Waals surface area contributed by atoms with E-state index < -0.39 is 0 Å². The molecular weight excluding hydrogens is 324 g/mol. The molecule has 1 aliphatic carbocycles. The first-order chi connectivity index (χ1) is 12.7.